The van der Waals surface area contributed by atoms with Crippen LogP contribution in [0.4, 0.5) is 22.0 Å². The van der Waals surface area contributed by atoms with E-state index in [0.29, 0.717) is 38.9 Å². The van der Waals surface area contributed by atoms with Crippen LogP contribution in [-0.2, 0) is 15.9 Å². The molecule has 0 aromatic heterocycles. The van der Waals surface area contributed by atoms with Crippen molar-refractivity contribution in [2.75, 3.05) is 13.2 Å². The molecule has 0 amide bonds. The third-order valence-electron chi connectivity index (χ3n) is 11.7. The first kappa shape index (κ1) is 30.5. The number of benzene rings is 1. The molecule has 0 radical (unpaired) electrons. The second-order valence-corrected chi connectivity index (χ2v) is 14.8. The third-order valence-corrected chi connectivity index (χ3v) is 11.7. The van der Waals surface area contributed by atoms with E-state index in [9.17, 15) is 23.4 Å². The van der Waals surface area contributed by atoms with E-state index in [1.807, 2.05) is 31.2 Å². The molecule has 5 aliphatic rings. The molecule has 6 atom stereocenters. The van der Waals surface area contributed by atoms with E-state index >= 15 is 8.78 Å². The minimum absolute atomic E-state index is 0.0525. The van der Waals surface area contributed by atoms with Crippen molar-refractivity contribution in [3.63, 3.8) is 0 Å². The fraction of sp³-hybridized carbons (Fsp3) is 0.758. The molecule has 1 aromatic carbocycles. The molecule has 3 saturated carbocycles. The first-order valence-electron chi connectivity index (χ1n) is 15.4. The van der Waals surface area contributed by atoms with E-state index in [-0.39, 0.29) is 30.6 Å². The van der Waals surface area contributed by atoms with E-state index in [4.69, 9.17) is 9.47 Å². The minimum Gasteiger partial charge on any atom is -0.385 e. The van der Waals surface area contributed by atoms with Gasteiger partial charge in [0, 0.05) is 29.6 Å². The summed E-state index contributed by atoms with van der Waals surface area (Å²) in [5.74, 6) is -7.52. The third kappa shape index (κ3) is 4.26. The molecule has 1 saturated heterocycles. The number of ether oxygens (including phenoxy) is 2. The summed E-state index contributed by atoms with van der Waals surface area (Å²) >= 11 is 0. The van der Waals surface area contributed by atoms with Gasteiger partial charge in [0.25, 0.3) is 0 Å². The zero-order chi connectivity index (χ0) is 30.6. The molecule has 2 N–H and O–H groups in total. The maximum absolute atomic E-state index is 15.2. The minimum atomic E-state index is -5.87. The summed E-state index contributed by atoms with van der Waals surface area (Å²) in [6.07, 6.45) is -3.57. The summed E-state index contributed by atoms with van der Waals surface area (Å²) in [6.45, 7) is 8.62. The van der Waals surface area contributed by atoms with Gasteiger partial charge in [-0.2, -0.15) is 22.0 Å². The highest BCUT2D eigenvalue weighted by Gasteiger charge is 2.79. The van der Waals surface area contributed by atoms with Gasteiger partial charge in [-0.05, 0) is 73.5 Å². The first-order valence-corrected chi connectivity index (χ1v) is 15.4. The highest BCUT2D eigenvalue weighted by molar-refractivity contribution is 5.44. The standard InChI is InChI=1S/C33H43F5O4/c1-5-20-6-8-21(9-7-20)23-16-28(4)24(12-15-31(28,40)32(34,35)33(36,37)38)22-10-13-29(39)17-30(14-11-25(29)26(22)23)41-18-27(2,3)19-42-30/h6-9,22-24,39-40H,5,10-19H2,1-4H3/t22?,23-,24?,28?,29?,31?/m1/s1. The lowest BCUT2D eigenvalue weighted by Gasteiger charge is -2.59. The predicted octanol–water partition coefficient (Wildman–Crippen LogP) is 7.47. The van der Waals surface area contributed by atoms with Crippen molar-refractivity contribution in [2.24, 2.45) is 22.7 Å². The largest absolute Gasteiger partial charge is 0.456 e. The Morgan fingerprint density at radius 1 is 0.905 bits per heavy atom. The van der Waals surface area contributed by atoms with Crippen molar-refractivity contribution in [1.82, 2.24) is 0 Å². The van der Waals surface area contributed by atoms with Crippen molar-refractivity contribution in [2.45, 2.75) is 120 Å². The number of rotatable bonds is 3. The monoisotopic (exact) mass is 598 g/mol. The van der Waals surface area contributed by atoms with Crippen LogP contribution in [0.3, 0.4) is 0 Å². The van der Waals surface area contributed by atoms with E-state index in [0.717, 1.165) is 28.7 Å². The van der Waals surface area contributed by atoms with Gasteiger partial charge in [0.2, 0.25) is 0 Å². The van der Waals surface area contributed by atoms with E-state index in [1.54, 1.807) is 0 Å². The normalized spacial score (nSPS) is 39.5. The molecular weight excluding hydrogens is 555 g/mol. The van der Waals surface area contributed by atoms with Gasteiger partial charge in [0.05, 0.1) is 18.8 Å². The summed E-state index contributed by atoms with van der Waals surface area (Å²) in [5, 5.41) is 23.7. The zero-order valence-electron chi connectivity index (χ0n) is 24.9. The quantitative estimate of drug-likeness (QED) is 0.280. The summed E-state index contributed by atoms with van der Waals surface area (Å²) < 4.78 is 84.4. The Morgan fingerprint density at radius 2 is 1.55 bits per heavy atom. The Hall–Kier alpha value is -1.55. The van der Waals surface area contributed by atoms with Crippen LogP contribution in [0.15, 0.2) is 35.4 Å². The average molecular weight is 599 g/mol. The molecular formula is C33H43F5O4. The summed E-state index contributed by atoms with van der Waals surface area (Å²) in [4.78, 5) is 0. The van der Waals surface area contributed by atoms with Crippen LogP contribution in [0.2, 0.25) is 0 Å². The number of halogens is 5. The van der Waals surface area contributed by atoms with Crippen LogP contribution < -0.4 is 0 Å². The Bertz CT molecular complexity index is 1250. The average Bonchev–Trinajstić information content (AvgIpc) is 3.20. The number of hydrogen-bond donors (Lipinski definition) is 2. The Labute approximate surface area is 244 Å². The number of aliphatic hydroxyl groups is 2. The van der Waals surface area contributed by atoms with Crippen LogP contribution in [0.25, 0.3) is 0 Å². The van der Waals surface area contributed by atoms with E-state index < -0.39 is 52.8 Å². The lowest BCUT2D eigenvalue weighted by molar-refractivity contribution is -0.362. The van der Waals surface area contributed by atoms with E-state index in [1.165, 1.54) is 6.92 Å². The van der Waals surface area contributed by atoms with Crippen LogP contribution >= 0.6 is 0 Å². The molecule has 9 heteroatoms. The van der Waals surface area contributed by atoms with Crippen LogP contribution in [0.5, 0.6) is 0 Å². The summed E-state index contributed by atoms with van der Waals surface area (Å²) in [7, 11) is 0. The van der Waals surface area contributed by atoms with Gasteiger partial charge in [0.1, 0.15) is 5.60 Å². The second-order valence-electron chi connectivity index (χ2n) is 14.8. The highest BCUT2D eigenvalue weighted by Crippen LogP contribution is 2.71. The van der Waals surface area contributed by atoms with Crippen molar-refractivity contribution in [3.8, 4) is 0 Å². The van der Waals surface area contributed by atoms with Crippen molar-refractivity contribution in [3.05, 3.63) is 46.5 Å². The maximum atomic E-state index is 15.2. The van der Waals surface area contributed by atoms with Crippen LogP contribution in [0, 0.1) is 22.7 Å². The van der Waals surface area contributed by atoms with Gasteiger partial charge in [-0.15, -0.1) is 0 Å². The topological polar surface area (TPSA) is 58.9 Å². The predicted molar refractivity (Wildman–Crippen MR) is 147 cm³/mol. The molecule has 4 aliphatic carbocycles. The van der Waals surface area contributed by atoms with Gasteiger partial charge in [-0.3, -0.25) is 0 Å². The van der Waals surface area contributed by atoms with Gasteiger partial charge in [0.15, 0.2) is 5.79 Å². The molecule has 234 valence electrons. The Balaban J connectivity index is 1.45. The van der Waals surface area contributed by atoms with Gasteiger partial charge >= 0.3 is 12.1 Å². The van der Waals surface area contributed by atoms with E-state index in [2.05, 4.69) is 13.8 Å². The first-order chi connectivity index (χ1) is 19.4. The van der Waals surface area contributed by atoms with Crippen molar-refractivity contribution in [1.29, 1.82) is 0 Å². The smallest absolute Gasteiger partial charge is 0.385 e. The molecule has 4 fully saturated rings. The SMILES string of the molecule is CCc1ccc([C@H]2CC3(C)C(CCC3(O)C(F)(F)C(F)(F)F)C3CCC4(O)CC5(CCC4=C32)OCC(C)(C)CO5)cc1. The number of fused-ring (bicyclic) bond motifs is 4. The molecule has 4 nitrogen and oxygen atoms in total. The molecule has 1 spiro atoms. The molecule has 42 heavy (non-hydrogen) atoms. The van der Waals surface area contributed by atoms with Gasteiger partial charge in [-0.25, -0.2) is 0 Å². The zero-order valence-corrected chi connectivity index (χ0v) is 24.9. The van der Waals surface area contributed by atoms with Crippen LogP contribution in [-0.4, -0.2) is 52.5 Å². The summed E-state index contributed by atoms with van der Waals surface area (Å²) in [5.41, 5.74) is -2.50. The number of allylic oxidation sites excluding steroid dienone is 1. The summed E-state index contributed by atoms with van der Waals surface area (Å²) in [6, 6.07) is 7.79. The van der Waals surface area contributed by atoms with Gasteiger partial charge < -0.3 is 19.7 Å². The Kier molecular flexibility index (Phi) is 6.88. The molecule has 1 aromatic rings. The van der Waals surface area contributed by atoms with Crippen molar-refractivity contribution < 1.29 is 41.6 Å². The number of aryl methyl sites for hydroxylation is 1. The Morgan fingerprint density at radius 3 is 2.14 bits per heavy atom. The van der Waals surface area contributed by atoms with Crippen LogP contribution in [0.1, 0.15) is 96.1 Å². The fourth-order valence-electron chi connectivity index (χ4n) is 9.29. The highest BCUT2D eigenvalue weighted by atomic mass is 19.4. The number of alkyl halides is 5. The molecule has 0 bridgehead atoms. The molecule has 5 unspecified atom stereocenters. The van der Waals surface area contributed by atoms with Crippen molar-refractivity contribution >= 4 is 0 Å². The molecule has 1 aliphatic heterocycles. The number of hydrogen-bond acceptors (Lipinski definition) is 4. The fourth-order valence-corrected chi connectivity index (χ4v) is 9.29. The molecule has 1 heterocycles. The lowest BCUT2D eigenvalue weighted by atomic mass is 9.49. The molecule has 6 rings (SSSR count). The maximum Gasteiger partial charge on any atom is 0.456 e. The van der Waals surface area contributed by atoms with Gasteiger partial charge in [-0.1, -0.05) is 57.5 Å². The second kappa shape index (κ2) is 9.48. The lowest BCUT2D eigenvalue weighted by Crippen LogP contribution is -2.65.